The third-order valence-corrected chi connectivity index (χ3v) is 3.71. The van der Waals surface area contributed by atoms with Crippen LogP contribution in [0.4, 0.5) is 0 Å². The van der Waals surface area contributed by atoms with Crippen molar-refractivity contribution in [2.24, 2.45) is 0 Å². The van der Waals surface area contributed by atoms with Crippen molar-refractivity contribution in [3.8, 4) is 0 Å². The minimum atomic E-state index is -4.40. The molecule has 1 unspecified atom stereocenters. The summed E-state index contributed by atoms with van der Waals surface area (Å²) >= 11 is 0. The Balaban J connectivity index is 4.36. The van der Waals surface area contributed by atoms with Crippen LogP contribution in [-0.4, -0.2) is 55.2 Å². The monoisotopic (exact) mass is 383 g/mol. The second kappa shape index (κ2) is 12.8. The second-order valence-corrected chi connectivity index (χ2v) is 6.26. The Morgan fingerprint density at radius 3 is 2.20 bits per heavy atom. The number of hydrogen-bond acceptors (Lipinski definition) is 8. The fourth-order valence-electron chi connectivity index (χ4n) is 1.36. The van der Waals surface area contributed by atoms with Crippen LogP contribution in [0.5, 0.6) is 0 Å². The van der Waals surface area contributed by atoms with Gasteiger partial charge < -0.3 is 19.7 Å². The largest absolute Gasteiger partial charge is 0.472 e. The van der Waals surface area contributed by atoms with Gasteiger partial charge in [-0.15, -0.1) is 0 Å². The van der Waals surface area contributed by atoms with Gasteiger partial charge in [0.25, 0.3) is 0 Å². The average Bonchev–Trinajstić information content (AvgIpc) is 2.60. The van der Waals surface area contributed by atoms with Crippen molar-refractivity contribution in [3.05, 3.63) is 0 Å². The van der Waals surface area contributed by atoms with Crippen molar-refractivity contribution >= 4 is 25.7 Å². The first-order chi connectivity index (χ1) is 11.7. The van der Waals surface area contributed by atoms with E-state index in [1.807, 2.05) is 0 Å². The van der Waals surface area contributed by atoms with Crippen molar-refractivity contribution < 1.29 is 42.4 Å². The van der Waals surface area contributed by atoms with Crippen LogP contribution in [0.25, 0.3) is 0 Å². The predicted octanol–water partition coefficient (Wildman–Crippen LogP) is 0.921. The van der Waals surface area contributed by atoms with E-state index in [-0.39, 0.29) is 44.9 Å². The lowest BCUT2D eigenvalue weighted by atomic mass is 10.4. The minimum absolute atomic E-state index is 0.0446. The fraction of sp³-hybridized carbons (Fsp3) is 0.786. The lowest BCUT2D eigenvalue weighted by Crippen LogP contribution is -2.29. The average molecular weight is 383 g/mol. The van der Waals surface area contributed by atoms with Gasteiger partial charge in [-0.3, -0.25) is 23.4 Å². The van der Waals surface area contributed by atoms with Crippen LogP contribution in [0.3, 0.4) is 0 Å². The lowest BCUT2D eigenvalue weighted by molar-refractivity contribution is -0.160. The lowest BCUT2D eigenvalue weighted by Gasteiger charge is -2.19. The highest BCUT2D eigenvalue weighted by Crippen LogP contribution is 2.43. The molecule has 0 heterocycles. The fourth-order valence-corrected chi connectivity index (χ4v) is 2.12. The molecule has 0 aromatic heterocycles. The zero-order valence-electron chi connectivity index (χ0n) is 14.7. The Morgan fingerprint density at radius 2 is 1.64 bits per heavy atom. The van der Waals surface area contributed by atoms with Gasteiger partial charge in [-0.1, -0.05) is 20.8 Å². The van der Waals surface area contributed by atoms with Gasteiger partial charge in [-0.05, 0) is 0 Å². The molecule has 0 rings (SSSR count). The van der Waals surface area contributed by atoms with Crippen LogP contribution in [0.15, 0.2) is 0 Å². The van der Waals surface area contributed by atoms with Crippen LogP contribution in [0.1, 0.15) is 40.0 Å². The van der Waals surface area contributed by atoms with Gasteiger partial charge in [0, 0.05) is 25.8 Å². The Labute approximate surface area is 146 Å². The highest BCUT2D eigenvalue weighted by Gasteiger charge is 2.25. The number of phosphoric ester groups is 1. The summed E-state index contributed by atoms with van der Waals surface area (Å²) in [4.78, 5) is 43.1. The van der Waals surface area contributed by atoms with E-state index in [4.69, 9.17) is 14.0 Å². The summed E-state index contributed by atoms with van der Waals surface area (Å²) < 4.78 is 31.0. The molecule has 2 N–H and O–H groups in total. The second-order valence-electron chi connectivity index (χ2n) is 4.80. The van der Waals surface area contributed by atoms with Crippen LogP contribution in [-0.2, 0) is 37.5 Å². The van der Waals surface area contributed by atoms with Crippen LogP contribution in [0, 0.1) is 0 Å². The first-order valence-electron chi connectivity index (χ1n) is 7.97. The molecule has 0 fully saturated rings. The van der Waals surface area contributed by atoms with Crippen LogP contribution in [0.2, 0.25) is 0 Å². The number of carbonyl (C=O) groups is 3. The molecular formula is C14H26NO9P. The molecule has 0 bridgehead atoms. The van der Waals surface area contributed by atoms with Gasteiger partial charge in [0.1, 0.15) is 6.61 Å². The highest BCUT2D eigenvalue weighted by atomic mass is 31.2. The van der Waals surface area contributed by atoms with E-state index in [1.54, 1.807) is 20.8 Å². The summed E-state index contributed by atoms with van der Waals surface area (Å²) in [6.45, 7) is 3.86. The number of esters is 2. The molecule has 0 spiro atoms. The molecule has 0 radical (unpaired) electrons. The van der Waals surface area contributed by atoms with Gasteiger partial charge in [-0.2, -0.15) is 0 Å². The van der Waals surface area contributed by atoms with Gasteiger partial charge in [0.2, 0.25) is 5.91 Å². The summed E-state index contributed by atoms with van der Waals surface area (Å²) in [7, 11) is -4.40. The molecule has 0 aliphatic rings. The number of amides is 1. The van der Waals surface area contributed by atoms with E-state index in [2.05, 4.69) is 9.84 Å². The molecule has 11 heteroatoms. The molecule has 0 aliphatic carbocycles. The van der Waals surface area contributed by atoms with Crippen molar-refractivity contribution in [2.75, 3.05) is 26.4 Å². The van der Waals surface area contributed by atoms with Gasteiger partial charge >= 0.3 is 19.8 Å². The summed E-state index contributed by atoms with van der Waals surface area (Å²) in [6, 6.07) is 0. The number of ether oxygens (including phenoxy) is 2. The maximum atomic E-state index is 11.7. The highest BCUT2D eigenvalue weighted by molar-refractivity contribution is 7.47. The van der Waals surface area contributed by atoms with Crippen molar-refractivity contribution in [1.82, 2.24) is 5.32 Å². The van der Waals surface area contributed by atoms with Crippen molar-refractivity contribution in [1.29, 1.82) is 0 Å². The van der Waals surface area contributed by atoms with E-state index in [0.717, 1.165) is 0 Å². The molecule has 1 amide bonds. The van der Waals surface area contributed by atoms with Crippen LogP contribution >= 0.6 is 7.82 Å². The summed E-state index contributed by atoms with van der Waals surface area (Å²) in [5, 5.41) is 2.46. The van der Waals surface area contributed by atoms with Crippen molar-refractivity contribution in [2.45, 2.75) is 46.1 Å². The van der Waals surface area contributed by atoms with E-state index < -0.39 is 32.5 Å². The topological polar surface area (TPSA) is 137 Å². The van der Waals surface area contributed by atoms with Gasteiger partial charge in [-0.25, -0.2) is 4.57 Å². The Kier molecular flexibility index (Phi) is 12.1. The first kappa shape index (κ1) is 23.5. The standard InChI is InChI=1S/C14H26NO9P/c1-4-12(16)15-7-8-22-25(19,20)23-10-11(24-14(18)6-3)9-21-13(17)5-2/h11H,4-10H2,1-3H3,(H,15,16)(H,19,20)/t11-/m1/s1. The predicted molar refractivity (Wildman–Crippen MR) is 86.5 cm³/mol. The Bertz CT molecular complexity index is 483. The molecule has 0 aromatic rings. The number of phosphoric acid groups is 1. The third-order valence-electron chi connectivity index (χ3n) is 2.73. The van der Waals surface area contributed by atoms with Crippen LogP contribution < -0.4 is 5.32 Å². The first-order valence-corrected chi connectivity index (χ1v) is 9.47. The molecule has 2 atom stereocenters. The molecule has 0 saturated carbocycles. The number of nitrogens with one attached hydrogen (secondary N) is 1. The Hall–Kier alpha value is -1.48. The molecule has 0 aliphatic heterocycles. The zero-order valence-corrected chi connectivity index (χ0v) is 15.6. The molecule has 0 saturated heterocycles. The summed E-state index contributed by atoms with van der Waals surface area (Å²) in [6.07, 6.45) is -0.524. The minimum Gasteiger partial charge on any atom is -0.462 e. The van der Waals surface area contributed by atoms with E-state index >= 15 is 0 Å². The van der Waals surface area contributed by atoms with E-state index in [9.17, 15) is 23.8 Å². The van der Waals surface area contributed by atoms with E-state index in [0.29, 0.717) is 0 Å². The molecule has 25 heavy (non-hydrogen) atoms. The van der Waals surface area contributed by atoms with Crippen molar-refractivity contribution in [3.63, 3.8) is 0 Å². The summed E-state index contributed by atoms with van der Waals surface area (Å²) in [5.41, 5.74) is 0. The molecular weight excluding hydrogens is 357 g/mol. The smallest absolute Gasteiger partial charge is 0.462 e. The molecule has 146 valence electrons. The van der Waals surface area contributed by atoms with Gasteiger partial charge in [0.15, 0.2) is 6.10 Å². The summed E-state index contributed by atoms with van der Waals surface area (Å²) in [5.74, 6) is -1.30. The molecule has 0 aromatic carbocycles. The van der Waals surface area contributed by atoms with Gasteiger partial charge in [0.05, 0.1) is 13.2 Å². The number of carbonyl (C=O) groups excluding carboxylic acids is 3. The maximum Gasteiger partial charge on any atom is 0.472 e. The van der Waals surface area contributed by atoms with E-state index in [1.165, 1.54) is 0 Å². The Morgan fingerprint density at radius 1 is 1.00 bits per heavy atom. The molecule has 10 nitrogen and oxygen atoms in total. The normalized spacial score (nSPS) is 14.2. The maximum absolute atomic E-state index is 11.7. The number of hydrogen-bond donors (Lipinski definition) is 2. The number of rotatable bonds is 13. The third kappa shape index (κ3) is 12.5. The SMILES string of the molecule is CCC(=O)NCCOP(=O)(O)OC[C@@H](COC(=O)CC)OC(=O)CC. The zero-order chi connectivity index (χ0) is 19.3. The quantitative estimate of drug-likeness (QED) is 0.270.